The van der Waals surface area contributed by atoms with Crippen LogP contribution in [0, 0.1) is 5.92 Å². The largest absolute Gasteiger partial charge is 0.317 e. The maximum atomic E-state index is 13.9. The molecule has 1 saturated heterocycles. The van der Waals surface area contributed by atoms with Crippen molar-refractivity contribution in [1.82, 2.24) is 5.32 Å². The molecule has 1 unspecified atom stereocenters. The first-order valence-electron chi connectivity index (χ1n) is 5.54. The Bertz CT molecular complexity index is 139. The van der Waals surface area contributed by atoms with Crippen molar-refractivity contribution < 1.29 is 4.39 Å². The van der Waals surface area contributed by atoms with Crippen LogP contribution in [0.25, 0.3) is 0 Å². The zero-order valence-corrected chi connectivity index (χ0v) is 8.91. The molecule has 0 aliphatic carbocycles. The van der Waals surface area contributed by atoms with Gasteiger partial charge in [-0.25, -0.2) is 4.39 Å². The van der Waals surface area contributed by atoms with Gasteiger partial charge in [0.1, 0.15) is 5.67 Å². The van der Waals surface area contributed by atoms with Gasteiger partial charge < -0.3 is 5.32 Å². The van der Waals surface area contributed by atoms with Crippen molar-refractivity contribution in [2.24, 2.45) is 5.92 Å². The van der Waals surface area contributed by atoms with Crippen LogP contribution in [0.15, 0.2) is 0 Å². The highest BCUT2D eigenvalue weighted by Crippen LogP contribution is 2.30. The number of hydrogen-bond acceptors (Lipinski definition) is 1. The van der Waals surface area contributed by atoms with E-state index in [9.17, 15) is 4.39 Å². The van der Waals surface area contributed by atoms with E-state index in [1.807, 2.05) is 0 Å². The Kier molecular flexibility index (Phi) is 4.17. The number of piperidine rings is 1. The molecule has 1 aliphatic rings. The van der Waals surface area contributed by atoms with E-state index in [2.05, 4.69) is 12.2 Å². The van der Waals surface area contributed by atoms with E-state index in [1.165, 1.54) is 0 Å². The predicted octanol–water partition coefficient (Wildman–Crippen LogP) is 2.90. The van der Waals surface area contributed by atoms with Gasteiger partial charge in [0.15, 0.2) is 0 Å². The number of hydrogen-bond donors (Lipinski definition) is 1. The molecule has 0 radical (unpaired) electrons. The normalized spacial score (nSPS) is 24.2. The third-order valence-electron chi connectivity index (χ3n) is 2.94. The Morgan fingerprint density at radius 2 is 2.00 bits per heavy atom. The first-order valence-corrected chi connectivity index (χ1v) is 5.54. The molecule has 1 rings (SSSR count). The standard InChI is InChI=1S/C11H22FN/c1-3-6-11(2,12)9-10-4-7-13-8-5-10/h10,13H,3-9H2,1-2H3. The lowest BCUT2D eigenvalue weighted by Crippen LogP contribution is -2.32. The van der Waals surface area contributed by atoms with Gasteiger partial charge in [0.2, 0.25) is 0 Å². The van der Waals surface area contributed by atoms with Gasteiger partial charge in [0, 0.05) is 0 Å². The smallest absolute Gasteiger partial charge is 0.108 e. The molecule has 0 saturated carbocycles. The van der Waals surface area contributed by atoms with Crippen molar-refractivity contribution in [2.45, 2.75) is 51.6 Å². The summed E-state index contributed by atoms with van der Waals surface area (Å²) < 4.78 is 13.9. The molecule has 0 bridgehead atoms. The van der Waals surface area contributed by atoms with Gasteiger partial charge in [-0.3, -0.25) is 0 Å². The molecule has 1 N–H and O–H groups in total. The summed E-state index contributed by atoms with van der Waals surface area (Å²) in [6.07, 6.45) is 4.75. The lowest BCUT2D eigenvalue weighted by Gasteiger charge is -2.29. The number of alkyl halides is 1. The van der Waals surface area contributed by atoms with Crippen LogP contribution < -0.4 is 5.32 Å². The predicted molar refractivity (Wildman–Crippen MR) is 54.6 cm³/mol. The molecule has 1 atom stereocenters. The van der Waals surface area contributed by atoms with Gasteiger partial charge >= 0.3 is 0 Å². The van der Waals surface area contributed by atoms with E-state index in [0.29, 0.717) is 5.92 Å². The molecule has 0 aromatic heterocycles. The van der Waals surface area contributed by atoms with Crippen LogP contribution in [-0.2, 0) is 0 Å². The highest BCUT2D eigenvalue weighted by molar-refractivity contribution is 4.79. The summed E-state index contributed by atoms with van der Waals surface area (Å²) in [5.74, 6) is 0.614. The Labute approximate surface area is 81.1 Å². The second-order valence-electron chi connectivity index (χ2n) is 4.56. The number of nitrogens with one attached hydrogen (secondary N) is 1. The van der Waals surface area contributed by atoms with E-state index in [0.717, 1.165) is 45.2 Å². The maximum Gasteiger partial charge on any atom is 0.108 e. The van der Waals surface area contributed by atoms with Crippen molar-refractivity contribution in [3.05, 3.63) is 0 Å². The van der Waals surface area contributed by atoms with E-state index in [1.54, 1.807) is 6.92 Å². The monoisotopic (exact) mass is 187 g/mol. The van der Waals surface area contributed by atoms with E-state index < -0.39 is 5.67 Å². The summed E-state index contributed by atoms with van der Waals surface area (Å²) in [4.78, 5) is 0. The molecular weight excluding hydrogens is 165 g/mol. The van der Waals surface area contributed by atoms with Gasteiger partial charge in [-0.1, -0.05) is 13.3 Å². The van der Waals surface area contributed by atoms with Gasteiger partial charge in [0.25, 0.3) is 0 Å². The maximum absolute atomic E-state index is 13.9. The lowest BCUT2D eigenvalue weighted by atomic mass is 9.85. The minimum atomic E-state index is -0.920. The highest BCUT2D eigenvalue weighted by atomic mass is 19.1. The zero-order valence-electron chi connectivity index (χ0n) is 8.91. The lowest BCUT2D eigenvalue weighted by molar-refractivity contribution is 0.121. The Morgan fingerprint density at radius 1 is 1.38 bits per heavy atom. The topological polar surface area (TPSA) is 12.0 Å². The minimum Gasteiger partial charge on any atom is -0.317 e. The number of halogens is 1. The molecule has 0 spiro atoms. The second-order valence-corrected chi connectivity index (χ2v) is 4.56. The Balaban J connectivity index is 2.28. The van der Waals surface area contributed by atoms with Crippen LogP contribution in [0.3, 0.4) is 0 Å². The second kappa shape index (κ2) is 4.94. The van der Waals surface area contributed by atoms with Crippen molar-refractivity contribution in [3.8, 4) is 0 Å². The summed E-state index contributed by atoms with van der Waals surface area (Å²) in [7, 11) is 0. The van der Waals surface area contributed by atoms with E-state index in [-0.39, 0.29) is 0 Å². The van der Waals surface area contributed by atoms with E-state index in [4.69, 9.17) is 0 Å². The third kappa shape index (κ3) is 4.08. The van der Waals surface area contributed by atoms with Crippen molar-refractivity contribution in [2.75, 3.05) is 13.1 Å². The van der Waals surface area contributed by atoms with E-state index >= 15 is 0 Å². The zero-order chi connectivity index (χ0) is 9.73. The molecular formula is C11H22FN. The molecule has 1 nitrogen and oxygen atoms in total. The average molecular weight is 187 g/mol. The molecule has 0 aromatic rings. The first kappa shape index (κ1) is 11.0. The molecule has 1 heterocycles. The fourth-order valence-electron chi connectivity index (χ4n) is 2.31. The van der Waals surface area contributed by atoms with Crippen LogP contribution in [0.2, 0.25) is 0 Å². The molecule has 78 valence electrons. The molecule has 13 heavy (non-hydrogen) atoms. The van der Waals surface area contributed by atoms with Crippen molar-refractivity contribution in [1.29, 1.82) is 0 Å². The third-order valence-corrected chi connectivity index (χ3v) is 2.94. The average Bonchev–Trinajstić information content (AvgIpc) is 2.04. The summed E-state index contributed by atoms with van der Waals surface area (Å²) in [5, 5.41) is 3.31. The van der Waals surface area contributed by atoms with Gasteiger partial charge in [-0.05, 0) is 51.6 Å². The summed E-state index contributed by atoms with van der Waals surface area (Å²) >= 11 is 0. The van der Waals surface area contributed by atoms with Crippen LogP contribution >= 0.6 is 0 Å². The van der Waals surface area contributed by atoms with Crippen LogP contribution in [0.5, 0.6) is 0 Å². The summed E-state index contributed by atoms with van der Waals surface area (Å²) in [6.45, 7) is 5.97. The Hall–Kier alpha value is -0.110. The molecule has 2 heteroatoms. The van der Waals surface area contributed by atoms with Crippen LogP contribution in [0.1, 0.15) is 46.0 Å². The summed E-state index contributed by atoms with van der Waals surface area (Å²) in [5.41, 5.74) is -0.920. The van der Waals surface area contributed by atoms with Gasteiger partial charge in [0.05, 0.1) is 0 Å². The molecule has 1 fully saturated rings. The van der Waals surface area contributed by atoms with Crippen LogP contribution in [0.4, 0.5) is 4.39 Å². The SMILES string of the molecule is CCCC(C)(F)CC1CCNCC1. The van der Waals surface area contributed by atoms with Crippen molar-refractivity contribution in [3.63, 3.8) is 0 Å². The quantitative estimate of drug-likeness (QED) is 0.713. The fourth-order valence-corrected chi connectivity index (χ4v) is 2.31. The minimum absolute atomic E-state index is 0.614. The van der Waals surface area contributed by atoms with Gasteiger partial charge in [-0.15, -0.1) is 0 Å². The molecule has 0 aromatic carbocycles. The van der Waals surface area contributed by atoms with Gasteiger partial charge in [-0.2, -0.15) is 0 Å². The molecule has 0 amide bonds. The first-order chi connectivity index (χ1) is 6.14. The molecule has 1 aliphatic heterocycles. The highest BCUT2D eigenvalue weighted by Gasteiger charge is 2.27. The van der Waals surface area contributed by atoms with Crippen LogP contribution in [-0.4, -0.2) is 18.8 Å². The summed E-state index contributed by atoms with van der Waals surface area (Å²) in [6, 6.07) is 0. The Morgan fingerprint density at radius 3 is 2.54 bits per heavy atom. The van der Waals surface area contributed by atoms with Crippen molar-refractivity contribution >= 4 is 0 Å². The number of rotatable bonds is 4. The fraction of sp³-hybridized carbons (Fsp3) is 1.00.